The summed E-state index contributed by atoms with van der Waals surface area (Å²) in [5.41, 5.74) is 0.928. The van der Waals surface area contributed by atoms with E-state index in [0.717, 1.165) is 5.69 Å². The SMILES string of the molecule is CC#CCNc1ccc(Cl)c(Cl)c1. The molecule has 1 nitrogen and oxygen atoms in total. The van der Waals surface area contributed by atoms with E-state index in [1.165, 1.54) is 0 Å². The Morgan fingerprint density at radius 1 is 1.31 bits per heavy atom. The Hall–Kier alpha value is -0.840. The van der Waals surface area contributed by atoms with Crippen LogP contribution in [0.25, 0.3) is 0 Å². The number of hydrogen-bond acceptors (Lipinski definition) is 1. The van der Waals surface area contributed by atoms with Crippen molar-refractivity contribution in [3.05, 3.63) is 28.2 Å². The summed E-state index contributed by atoms with van der Waals surface area (Å²) in [5, 5.41) is 4.21. The average Bonchev–Trinajstić information content (AvgIpc) is 2.12. The Kier molecular flexibility index (Phi) is 3.95. The molecule has 1 aromatic rings. The van der Waals surface area contributed by atoms with Gasteiger partial charge in [0, 0.05) is 5.69 Å². The Morgan fingerprint density at radius 2 is 2.08 bits per heavy atom. The Balaban J connectivity index is 2.66. The van der Waals surface area contributed by atoms with Crippen molar-refractivity contribution in [2.24, 2.45) is 0 Å². The molecule has 0 aliphatic carbocycles. The molecular weight excluding hydrogens is 205 g/mol. The third-order valence-electron chi connectivity index (χ3n) is 1.48. The van der Waals surface area contributed by atoms with E-state index in [1.54, 1.807) is 19.1 Å². The van der Waals surface area contributed by atoms with Gasteiger partial charge in [0.1, 0.15) is 0 Å². The number of hydrogen-bond donors (Lipinski definition) is 1. The molecule has 1 aromatic carbocycles. The lowest BCUT2D eigenvalue weighted by atomic mass is 10.3. The van der Waals surface area contributed by atoms with Gasteiger partial charge in [-0.2, -0.15) is 0 Å². The van der Waals surface area contributed by atoms with Crippen LogP contribution in [0.3, 0.4) is 0 Å². The molecule has 0 unspecified atom stereocenters. The summed E-state index contributed by atoms with van der Waals surface area (Å²) in [6.07, 6.45) is 0. The van der Waals surface area contributed by atoms with Crippen LogP contribution in [0.2, 0.25) is 10.0 Å². The molecule has 0 atom stereocenters. The number of nitrogens with one attached hydrogen (secondary N) is 1. The van der Waals surface area contributed by atoms with Gasteiger partial charge < -0.3 is 5.32 Å². The smallest absolute Gasteiger partial charge is 0.0765 e. The highest BCUT2D eigenvalue weighted by atomic mass is 35.5. The van der Waals surface area contributed by atoms with Crippen LogP contribution in [0, 0.1) is 11.8 Å². The minimum absolute atomic E-state index is 0.552. The van der Waals surface area contributed by atoms with Crippen LogP contribution >= 0.6 is 23.2 Å². The fourth-order valence-electron chi connectivity index (χ4n) is 0.841. The average molecular weight is 214 g/mol. The maximum absolute atomic E-state index is 5.82. The predicted molar refractivity (Wildman–Crippen MR) is 58.4 cm³/mol. The quantitative estimate of drug-likeness (QED) is 0.743. The van der Waals surface area contributed by atoms with Gasteiger partial charge in [-0.1, -0.05) is 29.1 Å². The third-order valence-corrected chi connectivity index (χ3v) is 2.22. The zero-order chi connectivity index (χ0) is 9.68. The molecule has 1 rings (SSSR count). The molecule has 13 heavy (non-hydrogen) atoms. The second-order valence-electron chi connectivity index (χ2n) is 2.41. The molecule has 0 saturated carbocycles. The van der Waals surface area contributed by atoms with Gasteiger partial charge in [0.05, 0.1) is 16.6 Å². The first-order valence-electron chi connectivity index (χ1n) is 3.82. The maximum atomic E-state index is 5.82. The fraction of sp³-hybridized carbons (Fsp3) is 0.200. The molecule has 3 heteroatoms. The van der Waals surface area contributed by atoms with Crippen LogP contribution in [-0.2, 0) is 0 Å². The van der Waals surface area contributed by atoms with Gasteiger partial charge in [0.15, 0.2) is 0 Å². The Morgan fingerprint density at radius 3 is 2.69 bits per heavy atom. The molecular formula is C10H9Cl2N. The van der Waals surface area contributed by atoms with E-state index in [0.29, 0.717) is 16.6 Å². The van der Waals surface area contributed by atoms with Crippen LogP contribution in [-0.4, -0.2) is 6.54 Å². The van der Waals surface area contributed by atoms with Gasteiger partial charge in [0.25, 0.3) is 0 Å². The fourth-order valence-corrected chi connectivity index (χ4v) is 1.14. The number of anilines is 1. The van der Waals surface area contributed by atoms with E-state index in [2.05, 4.69) is 17.2 Å². The van der Waals surface area contributed by atoms with Gasteiger partial charge in [-0.15, -0.1) is 5.92 Å². The summed E-state index contributed by atoms with van der Waals surface area (Å²) in [4.78, 5) is 0. The van der Waals surface area contributed by atoms with Crippen molar-refractivity contribution in [2.45, 2.75) is 6.92 Å². The molecule has 0 aromatic heterocycles. The first kappa shape index (κ1) is 10.2. The lowest BCUT2D eigenvalue weighted by Gasteiger charge is -2.03. The van der Waals surface area contributed by atoms with Crippen molar-refractivity contribution >= 4 is 28.9 Å². The zero-order valence-corrected chi connectivity index (χ0v) is 8.71. The van der Waals surface area contributed by atoms with Crippen LogP contribution < -0.4 is 5.32 Å². The Labute approximate surface area is 88.0 Å². The number of halogens is 2. The summed E-state index contributed by atoms with van der Waals surface area (Å²) >= 11 is 11.6. The van der Waals surface area contributed by atoms with Crippen molar-refractivity contribution in [2.75, 3.05) is 11.9 Å². The highest BCUT2D eigenvalue weighted by Gasteiger charge is 1.97. The molecule has 0 amide bonds. The maximum Gasteiger partial charge on any atom is 0.0765 e. The van der Waals surface area contributed by atoms with Crippen molar-refractivity contribution in [3.63, 3.8) is 0 Å². The standard InChI is InChI=1S/C10H9Cl2N/c1-2-3-6-13-8-4-5-9(11)10(12)7-8/h4-5,7,13H,6H2,1H3. The second-order valence-corrected chi connectivity index (χ2v) is 3.22. The van der Waals surface area contributed by atoms with Crippen molar-refractivity contribution in [3.8, 4) is 11.8 Å². The van der Waals surface area contributed by atoms with Crippen LogP contribution in [0.1, 0.15) is 6.92 Å². The summed E-state index contributed by atoms with van der Waals surface area (Å²) in [6, 6.07) is 5.40. The van der Waals surface area contributed by atoms with E-state index in [-0.39, 0.29) is 0 Å². The van der Waals surface area contributed by atoms with Gasteiger partial charge in [0.2, 0.25) is 0 Å². The van der Waals surface area contributed by atoms with E-state index in [4.69, 9.17) is 23.2 Å². The molecule has 0 fully saturated rings. The lowest BCUT2D eigenvalue weighted by Crippen LogP contribution is -1.97. The molecule has 0 aliphatic rings. The monoisotopic (exact) mass is 213 g/mol. The van der Waals surface area contributed by atoms with E-state index < -0.39 is 0 Å². The van der Waals surface area contributed by atoms with Gasteiger partial charge in [-0.05, 0) is 25.1 Å². The summed E-state index contributed by atoms with van der Waals surface area (Å²) in [5.74, 6) is 5.69. The van der Waals surface area contributed by atoms with E-state index >= 15 is 0 Å². The molecule has 1 N–H and O–H groups in total. The summed E-state index contributed by atoms with van der Waals surface area (Å²) in [7, 11) is 0. The highest BCUT2D eigenvalue weighted by Crippen LogP contribution is 2.24. The highest BCUT2D eigenvalue weighted by molar-refractivity contribution is 6.42. The molecule has 0 heterocycles. The Bertz CT molecular complexity index is 350. The molecule has 0 radical (unpaired) electrons. The predicted octanol–water partition coefficient (Wildman–Crippen LogP) is 3.43. The first-order valence-corrected chi connectivity index (χ1v) is 4.58. The summed E-state index contributed by atoms with van der Waals surface area (Å²) < 4.78 is 0. The second kappa shape index (κ2) is 5.01. The number of rotatable bonds is 2. The minimum atomic E-state index is 0.552. The molecule has 0 bridgehead atoms. The molecule has 0 saturated heterocycles. The van der Waals surface area contributed by atoms with Crippen LogP contribution in [0.4, 0.5) is 5.69 Å². The van der Waals surface area contributed by atoms with Gasteiger partial charge >= 0.3 is 0 Å². The van der Waals surface area contributed by atoms with E-state index in [1.807, 2.05) is 6.07 Å². The van der Waals surface area contributed by atoms with Crippen molar-refractivity contribution in [1.82, 2.24) is 0 Å². The van der Waals surface area contributed by atoms with Gasteiger partial charge in [-0.3, -0.25) is 0 Å². The minimum Gasteiger partial charge on any atom is -0.374 e. The van der Waals surface area contributed by atoms with E-state index in [9.17, 15) is 0 Å². The van der Waals surface area contributed by atoms with Crippen molar-refractivity contribution < 1.29 is 0 Å². The lowest BCUT2D eigenvalue weighted by molar-refractivity contribution is 1.38. The van der Waals surface area contributed by atoms with Gasteiger partial charge in [-0.25, -0.2) is 0 Å². The zero-order valence-electron chi connectivity index (χ0n) is 7.20. The summed E-state index contributed by atoms with van der Waals surface area (Å²) in [6.45, 7) is 2.42. The first-order chi connectivity index (χ1) is 6.24. The third kappa shape index (κ3) is 3.18. The number of benzene rings is 1. The molecule has 68 valence electrons. The van der Waals surface area contributed by atoms with Crippen molar-refractivity contribution in [1.29, 1.82) is 0 Å². The normalized spacial score (nSPS) is 8.85. The van der Waals surface area contributed by atoms with Crippen LogP contribution in [0.5, 0.6) is 0 Å². The molecule has 0 spiro atoms. The largest absolute Gasteiger partial charge is 0.374 e. The topological polar surface area (TPSA) is 12.0 Å². The molecule has 0 aliphatic heterocycles. The van der Waals surface area contributed by atoms with Crippen LogP contribution in [0.15, 0.2) is 18.2 Å².